The number of carbonyl (C=O) groups excluding carboxylic acids is 1. The van der Waals surface area contributed by atoms with Crippen molar-refractivity contribution in [3.05, 3.63) is 53.9 Å². The molecule has 1 heterocycles. The number of Topliss-reactive ketones (excluding diaryl/α,β-unsaturated/α-hetero) is 1. The zero-order valence-electron chi connectivity index (χ0n) is 16.7. The van der Waals surface area contributed by atoms with Gasteiger partial charge in [0.1, 0.15) is 11.3 Å². The van der Waals surface area contributed by atoms with Gasteiger partial charge in [0.05, 0.1) is 19.0 Å². The summed E-state index contributed by atoms with van der Waals surface area (Å²) in [6.07, 6.45) is 4.52. The summed E-state index contributed by atoms with van der Waals surface area (Å²) in [6, 6.07) is 9.56. The third-order valence-electron chi connectivity index (χ3n) is 5.27. The topological polar surface area (TPSA) is 44.1 Å². The number of rotatable bonds is 6. The highest BCUT2D eigenvalue weighted by atomic mass is 19.1. The lowest BCUT2D eigenvalue weighted by molar-refractivity contribution is -0.0493. The summed E-state index contributed by atoms with van der Waals surface area (Å²) in [6.45, 7) is 8.63. The molecule has 1 aliphatic rings. The smallest absolute Gasteiger partial charge is 0.242 e. The van der Waals surface area contributed by atoms with E-state index in [1.165, 1.54) is 6.33 Å². The van der Waals surface area contributed by atoms with Gasteiger partial charge in [-0.1, -0.05) is 51.1 Å². The van der Waals surface area contributed by atoms with Gasteiger partial charge in [-0.25, -0.2) is 4.98 Å². The second-order valence-electron chi connectivity index (χ2n) is 8.76. The molecule has 27 heavy (non-hydrogen) atoms. The summed E-state index contributed by atoms with van der Waals surface area (Å²) in [5, 5.41) is 0. The van der Waals surface area contributed by atoms with Crippen molar-refractivity contribution in [1.82, 2.24) is 9.55 Å². The molecule has 2 aromatic rings. The Hall–Kier alpha value is -2.01. The number of hydrogen-bond acceptors (Lipinski definition) is 3. The molecule has 3 rings (SSSR count). The first kappa shape index (κ1) is 19.7. The second-order valence-corrected chi connectivity index (χ2v) is 8.76. The third kappa shape index (κ3) is 4.13. The van der Waals surface area contributed by atoms with Crippen molar-refractivity contribution in [2.45, 2.75) is 65.0 Å². The van der Waals surface area contributed by atoms with Gasteiger partial charge in [0.25, 0.3) is 0 Å². The number of hydrogen-bond donors (Lipinski definition) is 0. The molecule has 0 bridgehead atoms. The van der Waals surface area contributed by atoms with Gasteiger partial charge in [-0.2, -0.15) is 4.39 Å². The molecule has 0 spiro atoms. The Balaban J connectivity index is 1.95. The average molecular weight is 372 g/mol. The molecule has 146 valence electrons. The van der Waals surface area contributed by atoms with E-state index in [-0.39, 0.29) is 22.9 Å². The van der Waals surface area contributed by atoms with Gasteiger partial charge in [0.2, 0.25) is 11.7 Å². The molecule has 0 unspecified atom stereocenters. The van der Waals surface area contributed by atoms with Crippen molar-refractivity contribution >= 4 is 5.78 Å². The Kier molecular flexibility index (Phi) is 5.52. The van der Waals surface area contributed by atoms with Gasteiger partial charge in [-0.15, -0.1) is 0 Å². The molecular weight excluding hydrogens is 343 g/mol. The minimum absolute atomic E-state index is 0.0298. The molecule has 1 aromatic heterocycles. The zero-order valence-corrected chi connectivity index (χ0v) is 16.7. The molecule has 0 radical (unpaired) electrons. The van der Waals surface area contributed by atoms with Crippen LogP contribution in [0.5, 0.6) is 0 Å². The van der Waals surface area contributed by atoms with E-state index in [0.29, 0.717) is 19.4 Å². The van der Waals surface area contributed by atoms with Gasteiger partial charge in [-0.3, -0.25) is 4.79 Å². The predicted molar refractivity (Wildman–Crippen MR) is 103 cm³/mol. The van der Waals surface area contributed by atoms with Crippen molar-refractivity contribution in [3.63, 3.8) is 0 Å². The lowest BCUT2D eigenvalue weighted by Crippen LogP contribution is -2.42. The van der Waals surface area contributed by atoms with E-state index >= 15 is 0 Å². The maximum absolute atomic E-state index is 14.6. The van der Waals surface area contributed by atoms with Crippen LogP contribution in [0.3, 0.4) is 0 Å². The fraction of sp³-hybridized carbons (Fsp3) is 0.545. The minimum Gasteiger partial charge on any atom is -0.366 e. The van der Waals surface area contributed by atoms with Gasteiger partial charge in [0.15, 0.2) is 0 Å². The van der Waals surface area contributed by atoms with Crippen LogP contribution < -0.4 is 0 Å². The Morgan fingerprint density at radius 3 is 2.48 bits per heavy atom. The van der Waals surface area contributed by atoms with E-state index < -0.39 is 11.5 Å². The lowest BCUT2D eigenvalue weighted by atomic mass is 9.91. The highest BCUT2D eigenvalue weighted by Gasteiger charge is 2.46. The number of halogens is 1. The van der Waals surface area contributed by atoms with Crippen LogP contribution in [-0.4, -0.2) is 27.5 Å². The summed E-state index contributed by atoms with van der Waals surface area (Å²) < 4.78 is 22.5. The van der Waals surface area contributed by atoms with Crippen LogP contribution in [0.1, 0.15) is 75.5 Å². The Morgan fingerprint density at radius 1 is 1.26 bits per heavy atom. The highest BCUT2D eigenvalue weighted by Crippen LogP contribution is 2.38. The standard InChI is InChI=1S/C22H29FN2O2/c1-16(17-10-6-5-7-11-17)25-15-24-20(23)18(25)19(26)22(12-8-9-13-22)27-14-21(2,3)4/h5-7,10-11,15-16H,8-9,12-14H2,1-4H3/t16-/m1/s1. The largest absolute Gasteiger partial charge is 0.366 e. The molecule has 1 saturated carbocycles. The molecule has 0 amide bonds. The molecule has 4 nitrogen and oxygen atoms in total. The van der Waals surface area contributed by atoms with E-state index in [4.69, 9.17) is 4.74 Å². The number of aromatic nitrogens is 2. The van der Waals surface area contributed by atoms with Crippen molar-refractivity contribution in [2.75, 3.05) is 6.61 Å². The predicted octanol–water partition coefficient (Wildman–Crippen LogP) is 5.19. The number of nitrogens with zero attached hydrogens (tertiary/aromatic N) is 2. The number of ketones is 1. The molecule has 1 fully saturated rings. The van der Waals surface area contributed by atoms with Crippen LogP contribution in [-0.2, 0) is 4.74 Å². The maximum Gasteiger partial charge on any atom is 0.242 e. The van der Waals surface area contributed by atoms with E-state index in [1.54, 1.807) is 4.57 Å². The lowest BCUT2D eigenvalue weighted by Gasteiger charge is -2.32. The van der Waals surface area contributed by atoms with Crippen molar-refractivity contribution in [1.29, 1.82) is 0 Å². The number of imidazole rings is 1. The fourth-order valence-electron chi connectivity index (χ4n) is 3.69. The summed E-state index contributed by atoms with van der Waals surface area (Å²) in [7, 11) is 0. The van der Waals surface area contributed by atoms with E-state index in [0.717, 1.165) is 18.4 Å². The van der Waals surface area contributed by atoms with Crippen LogP contribution in [0.2, 0.25) is 0 Å². The molecule has 1 aromatic carbocycles. The van der Waals surface area contributed by atoms with Crippen LogP contribution in [0.25, 0.3) is 0 Å². The molecule has 1 aliphatic carbocycles. The number of ether oxygens (including phenoxy) is 1. The summed E-state index contributed by atoms with van der Waals surface area (Å²) >= 11 is 0. The first-order chi connectivity index (χ1) is 12.7. The first-order valence-electron chi connectivity index (χ1n) is 9.70. The zero-order chi connectivity index (χ0) is 19.7. The Labute approximate surface area is 160 Å². The van der Waals surface area contributed by atoms with E-state index in [9.17, 15) is 9.18 Å². The number of carbonyl (C=O) groups is 1. The molecule has 0 N–H and O–H groups in total. The summed E-state index contributed by atoms with van der Waals surface area (Å²) in [5.74, 6) is -0.990. The maximum atomic E-state index is 14.6. The normalized spacial score (nSPS) is 17.8. The summed E-state index contributed by atoms with van der Waals surface area (Å²) in [4.78, 5) is 17.3. The van der Waals surface area contributed by atoms with E-state index in [1.807, 2.05) is 37.3 Å². The van der Waals surface area contributed by atoms with Crippen molar-refractivity contribution in [3.8, 4) is 0 Å². The van der Waals surface area contributed by atoms with Gasteiger partial charge >= 0.3 is 0 Å². The van der Waals surface area contributed by atoms with E-state index in [2.05, 4.69) is 25.8 Å². The molecule has 0 aliphatic heterocycles. The Bertz CT molecular complexity index is 786. The van der Waals surface area contributed by atoms with Crippen LogP contribution in [0, 0.1) is 11.4 Å². The average Bonchev–Trinajstić information content (AvgIpc) is 3.26. The SMILES string of the molecule is C[C@H](c1ccccc1)n1cnc(F)c1C(=O)C1(OCC(C)(C)C)CCCC1. The third-order valence-corrected chi connectivity index (χ3v) is 5.27. The molecule has 0 saturated heterocycles. The van der Waals surface area contributed by atoms with Crippen molar-refractivity contribution in [2.24, 2.45) is 5.41 Å². The van der Waals surface area contributed by atoms with Crippen molar-refractivity contribution < 1.29 is 13.9 Å². The van der Waals surface area contributed by atoms with Gasteiger partial charge < -0.3 is 9.30 Å². The molecule has 1 atom stereocenters. The van der Waals surface area contributed by atoms with Crippen LogP contribution in [0.15, 0.2) is 36.7 Å². The van der Waals surface area contributed by atoms with Gasteiger partial charge in [0, 0.05) is 0 Å². The van der Waals surface area contributed by atoms with Crippen LogP contribution in [0.4, 0.5) is 4.39 Å². The molecular formula is C22H29FN2O2. The van der Waals surface area contributed by atoms with Gasteiger partial charge in [-0.05, 0) is 43.6 Å². The van der Waals surface area contributed by atoms with Crippen LogP contribution >= 0.6 is 0 Å². The number of benzene rings is 1. The monoisotopic (exact) mass is 372 g/mol. The summed E-state index contributed by atoms with van der Waals surface area (Å²) in [5.41, 5.74) is 0.0242. The highest BCUT2D eigenvalue weighted by molar-refractivity contribution is 6.01. The fourth-order valence-corrected chi connectivity index (χ4v) is 3.69. The minimum atomic E-state index is -0.942. The molecule has 5 heteroatoms. The first-order valence-corrected chi connectivity index (χ1v) is 9.70. The quantitative estimate of drug-likeness (QED) is 0.656. The Morgan fingerprint density at radius 2 is 1.89 bits per heavy atom. The second kappa shape index (κ2) is 7.55.